The molecule has 0 radical (unpaired) electrons. The zero-order valence-electron chi connectivity index (χ0n) is 9.64. The van der Waals surface area contributed by atoms with Crippen molar-refractivity contribution in [1.82, 2.24) is 14.5 Å². The molecule has 88 valence electrons. The number of halogens is 1. The molecule has 0 bridgehead atoms. The van der Waals surface area contributed by atoms with Gasteiger partial charge >= 0.3 is 0 Å². The van der Waals surface area contributed by atoms with Crippen LogP contribution in [0, 0.1) is 13.8 Å². The van der Waals surface area contributed by atoms with Crippen LogP contribution >= 0.6 is 15.9 Å². The summed E-state index contributed by atoms with van der Waals surface area (Å²) >= 11 is 3.20. The Morgan fingerprint density at radius 1 is 1.29 bits per heavy atom. The monoisotopic (exact) mass is 293 g/mol. The van der Waals surface area contributed by atoms with Crippen molar-refractivity contribution in [2.45, 2.75) is 20.4 Å². The van der Waals surface area contributed by atoms with Gasteiger partial charge in [0.2, 0.25) is 0 Å². The highest BCUT2D eigenvalue weighted by Gasteiger charge is 2.06. The van der Waals surface area contributed by atoms with Gasteiger partial charge in [-0.25, -0.2) is 4.98 Å². The van der Waals surface area contributed by atoms with Crippen LogP contribution in [0.3, 0.4) is 0 Å². The predicted molar refractivity (Wildman–Crippen MR) is 69.0 cm³/mol. The predicted octanol–water partition coefficient (Wildman–Crippen LogP) is 2.07. The van der Waals surface area contributed by atoms with E-state index in [2.05, 4.69) is 25.9 Å². The van der Waals surface area contributed by atoms with Crippen LogP contribution in [-0.4, -0.2) is 14.5 Å². The summed E-state index contributed by atoms with van der Waals surface area (Å²) in [5.41, 5.74) is 2.00. The van der Waals surface area contributed by atoms with Crippen molar-refractivity contribution >= 4 is 15.9 Å². The SMILES string of the molecule is Cc1cncc(Cn2c(C)ncc(Br)c2=O)c1. The number of aryl methyl sites for hydroxylation is 2. The van der Waals surface area contributed by atoms with Crippen molar-refractivity contribution in [2.24, 2.45) is 0 Å². The van der Waals surface area contributed by atoms with Crippen LogP contribution in [0.2, 0.25) is 0 Å². The quantitative estimate of drug-likeness (QED) is 0.852. The van der Waals surface area contributed by atoms with Gasteiger partial charge in [0.15, 0.2) is 0 Å². The lowest BCUT2D eigenvalue weighted by Crippen LogP contribution is -2.24. The fourth-order valence-electron chi connectivity index (χ4n) is 1.62. The maximum Gasteiger partial charge on any atom is 0.268 e. The highest BCUT2D eigenvalue weighted by Crippen LogP contribution is 2.06. The second-order valence-electron chi connectivity index (χ2n) is 3.92. The van der Waals surface area contributed by atoms with Gasteiger partial charge in [-0.3, -0.25) is 14.3 Å². The van der Waals surface area contributed by atoms with E-state index >= 15 is 0 Å². The fraction of sp³-hybridized carbons (Fsp3) is 0.250. The molecule has 0 aliphatic heterocycles. The minimum absolute atomic E-state index is 0.0704. The molecule has 2 rings (SSSR count). The lowest BCUT2D eigenvalue weighted by atomic mass is 10.2. The summed E-state index contributed by atoms with van der Waals surface area (Å²) < 4.78 is 2.10. The zero-order chi connectivity index (χ0) is 12.4. The van der Waals surface area contributed by atoms with E-state index in [4.69, 9.17) is 0 Å². The molecule has 5 heteroatoms. The van der Waals surface area contributed by atoms with E-state index in [1.54, 1.807) is 17.0 Å². The topological polar surface area (TPSA) is 47.8 Å². The number of nitrogens with zero attached hydrogens (tertiary/aromatic N) is 3. The Hall–Kier alpha value is -1.49. The summed E-state index contributed by atoms with van der Waals surface area (Å²) in [6.07, 6.45) is 5.08. The largest absolute Gasteiger partial charge is 0.291 e. The number of aromatic nitrogens is 3. The number of hydrogen-bond donors (Lipinski definition) is 0. The van der Waals surface area contributed by atoms with Crippen molar-refractivity contribution in [1.29, 1.82) is 0 Å². The Morgan fingerprint density at radius 3 is 2.76 bits per heavy atom. The summed E-state index contributed by atoms with van der Waals surface area (Å²) in [5.74, 6) is 0.694. The van der Waals surface area contributed by atoms with Gasteiger partial charge in [0.1, 0.15) is 10.3 Å². The van der Waals surface area contributed by atoms with E-state index in [9.17, 15) is 4.79 Å². The number of rotatable bonds is 2. The van der Waals surface area contributed by atoms with Crippen molar-refractivity contribution in [2.75, 3.05) is 0 Å². The first-order valence-electron chi connectivity index (χ1n) is 5.20. The third kappa shape index (κ3) is 2.61. The molecule has 17 heavy (non-hydrogen) atoms. The van der Waals surface area contributed by atoms with Crippen LogP contribution in [0.5, 0.6) is 0 Å². The lowest BCUT2D eigenvalue weighted by molar-refractivity contribution is 0.693. The standard InChI is InChI=1S/C12H12BrN3O/c1-8-3-10(5-14-4-8)7-16-9(2)15-6-11(13)12(16)17/h3-6H,7H2,1-2H3. The van der Waals surface area contributed by atoms with Crippen LogP contribution in [0.15, 0.2) is 33.9 Å². The molecule has 0 aliphatic rings. The molecule has 0 aromatic carbocycles. The van der Waals surface area contributed by atoms with E-state index < -0.39 is 0 Å². The molecule has 0 aliphatic carbocycles. The summed E-state index contributed by atoms with van der Waals surface area (Å²) in [7, 11) is 0. The van der Waals surface area contributed by atoms with E-state index in [1.807, 2.05) is 19.9 Å². The van der Waals surface area contributed by atoms with E-state index in [1.165, 1.54) is 6.20 Å². The first-order valence-corrected chi connectivity index (χ1v) is 5.99. The van der Waals surface area contributed by atoms with Crippen molar-refractivity contribution in [3.05, 3.63) is 56.4 Å². The Balaban J connectivity index is 2.43. The third-order valence-corrected chi connectivity index (χ3v) is 3.02. The van der Waals surface area contributed by atoms with Gasteiger partial charge in [-0.1, -0.05) is 6.07 Å². The minimum Gasteiger partial charge on any atom is -0.291 e. The summed E-state index contributed by atoms with van der Waals surface area (Å²) in [6.45, 7) is 4.29. The number of hydrogen-bond acceptors (Lipinski definition) is 3. The van der Waals surface area contributed by atoms with Crippen molar-refractivity contribution < 1.29 is 0 Å². The molecule has 2 aromatic rings. The molecular weight excluding hydrogens is 282 g/mol. The van der Waals surface area contributed by atoms with Gasteiger partial charge in [0.25, 0.3) is 5.56 Å². The maximum absolute atomic E-state index is 11.9. The maximum atomic E-state index is 11.9. The van der Waals surface area contributed by atoms with Gasteiger partial charge in [-0.2, -0.15) is 0 Å². The molecule has 4 nitrogen and oxygen atoms in total. The van der Waals surface area contributed by atoms with Crippen molar-refractivity contribution in [3.8, 4) is 0 Å². The summed E-state index contributed by atoms with van der Waals surface area (Å²) in [4.78, 5) is 20.2. The van der Waals surface area contributed by atoms with Gasteiger partial charge in [0.05, 0.1) is 6.54 Å². The molecule has 0 saturated carbocycles. The molecule has 0 fully saturated rings. The average molecular weight is 294 g/mol. The molecule has 2 aromatic heterocycles. The Labute approximate surface area is 107 Å². The van der Waals surface area contributed by atoms with Gasteiger partial charge in [0, 0.05) is 18.6 Å². The smallest absolute Gasteiger partial charge is 0.268 e. The third-order valence-electron chi connectivity index (χ3n) is 2.48. The molecule has 0 saturated heterocycles. The molecule has 2 heterocycles. The van der Waals surface area contributed by atoms with Gasteiger partial charge in [-0.15, -0.1) is 0 Å². The normalized spacial score (nSPS) is 10.5. The Bertz CT molecular complexity index is 607. The molecule has 0 amide bonds. The Kier molecular flexibility index (Phi) is 3.38. The van der Waals surface area contributed by atoms with Crippen LogP contribution in [0.25, 0.3) is 0 Å². The van der Waals surface area contributed by atoms with E-state index in [-0.39, 0.29) is 5.56 Å². The first kappa shape index (κ1) is 12.0. The molecule has 0 spiro atoms. The summed E-state index contributed by atoms with van der Waals surface area (Å²) in [6, 6.07) is 2.01. The van der Waals surface area contributed by atoms with Crippen LogP contribution in [-0.2, 0) is 6.54 Å². The second-order valence-corrected chi connectivity index (χ2v) is 4.77. The average Bonchev–Trinajstić information content (AvgIpc) is 2.30. The molecule has 0 N–H and O–H groups in total. The summed E-state index contributed by atoms with van der Waals surface area (Å²) in [5, 5.41) is 0. The zero-order valence-corrected chi connectivity index (χ0v) is 11.2. The fourth-order valence-corrected chi connectivity index (χ4v) is 1.94. The van der Waals surface area contributed by atoms with Crippen LogP contribution < -0.4 is 5.56 Å². The van der Waals surface area contributed by atoms with E-state index in [0.29, 0.717) is 16.8 Å². The molecular formula is C12H12BrN3O. The second kappa shape index (κ2) is 4.79. The van der Waals surface area contributed by atoms with Crippen molar-refractivity contribution in [3.63, 3.8) is 0 Å². The van der Waals surface area contributed by atoms with Crippen LogP contribution in [0.1, 0.15) is 17.0 Å². The highest BCUT2D eigenvalue weighted by atomic mass is 79.9. The Morgan fingerprint density at radius 2 is 2.06 bits per heavy atom. The molecule has 0 atom stereocenters. The van der Waals surface area contributed by atoms with Gasteiger partial charge < -0.3 is 0 Å². The van der Waals surface area contributed by atoms with Crippen LogP contribution in [0.4, 0.5) is 0 Å². The van der Waals surface area contributed by atoms with Gasteiger partial charge in [-0.05, 0) is 40.9 Å². The van der Waals surface area contributed by atoms with E-state index in [0.717, 1.165) is 11.1 Å². The lowest BCUT2D eigenvalue weighted by Gasteiger charge is -2.09. The first-order chi connectivity index (χ1) is 8.08. The highest BCUT2D eigenvalue weighted by molar-refractivity contribution is 9.10. The minimum atomic E-state index is -0.0704. The number of pyridine rings is 1. The molecule has 0 unspecified atom stereocenters.